The predicted octanol–water partition coefficient (Wildman–Crippen LogP) is 5.60. The monoisotopic (exact) mass is 504 g/mol. The Morgan fingerprint density at radius 2 is 1.43 bits per heavy atom. The molecule has 0 unspecified atom stereocenters. The normalized spacial score (nSPS) is 14.8. The predicted molar refractivity (Wildman–Crippen MR) is 127 cm³/mol. The molecule has 30 heavy (non-hydrogen) atoms. The molecule has 3 aromatic carbocycles. The Morgan fingerprint density at radius 3 is 2.03 bits per heavy atom. The third kappa shape index (κ3) is 4.72. The van der Waals surface area contributed by atoms with E-state index in [1.807, 2.05) is 36.4 Å². The average Bonchev–Trinajstić information content (AvgIpc) is 2.90. The highest BCUT2D eigenvalue weighted by Gasteiger charge is 2.19. The van der Waals surface area contributed by atoms with E-state index in [1.54, 1.807) is 24.3 Å². The maximum atomic E-state index is 13.0. The lowest BCUT2D eigenvalue weighted by Gasteiger charge is -2.14. The number of sulfonamides is 1. The summed E-state index contributed by atoms with van der Waals surface area (Å²) < 4.78 is 29.5. The molecular formula is C23H22BrClN2O2S. The number of nitrogens with one attached hydrogen (secondary N) is 1. The van der Waals surface area contributed by atoms with Crippen LogP contribution in [-0.4, -0.2) is 33.5 Å². The summed E-state index contributed by atoms with van der Waals surface area (Å²) in [6.45, 7) is 1.97. The van der Waals surface area contributed by atoms with Crippen molar-refractivity contribution in [1.82, 2.24) is 4.90 Å². The molecule has 0 aromatic heterocycles. The van der Waals surface area contributed by atoms with Gasteiger partial charge in [0.2, 0.25) is 0 Å². The van der Waals surface area contributed by atoms with Crippen LogP contribution in [0.1, 0.15) is 11.1 Å². The maximum absolute atomic E-state index is 13.0. The van der Waals surface area contributed by atoms with Crippen LogP contribution in [0.3, 0.4) is 0 Å². The van der Waals surface area contributed by atoms with Crippen molar-refractivity contribution < 1.29 is 8.42 Å². The van der Waals surface area contributed by atoms with E-state index in [1.165, 1.54) is 11.1 Å². The molecule has 4 rings (SSSR count). The summed E-state index contributed by atoms with van der Waals surface area (Å²) >= 11 is 9.48. The fourth-order valence-electron chi connectivity index (χ4n) is 3.61. The molecule has 1 aliphatic rings. The number of likely N-dealkylation sites (N-methyl/N-ethyl adjacent to an activating group) is 1. The van der Waals surface area contributed by atoms with Gasteiger partial charge < -0.3 is 4.90 Å². The lowest BCUT2D eigenvalue weighted by atomic mass is 10.0. The van der Waals surface area contributed by atoms with E-state index in [0.717, 1.165) is 41.5 Å². The SMILES string of the molecule is CN1CCc2cc(Br)c(NS(=O)(=O)c3ccc(-c4ccc(Cl)cc4)cc3)cc2CC1. The van der Waals surface area contributed by atoms with E-state index in [9.17, 15) is 8.42 Å². The number of benzene rings is 3. The van der Waals surface area contributed by atoms with E-state index < -0.39 is 10.0 Å². The van der Waals surface area contributed by atoms with Gasteiger partial charge in [0.05, 0.1) is 10.6 Å². The van der Waals surface area contributed by atoms with Crippen LogP contribution in [0.15, 0.2) is 70.0 Å². The second-order valence-corrected chi connectivity index (χ2v) is 10.5. The Hall–Kier alpha value is -1.86. The molecule has 1 N–H and O–H groups in total. The minimum absolute atomic E-state index is 0.224. The molecule has 0 amide bonds. The number of anilines is 1. The van der Waals surface area contributed by atoms with Crippen LogP contribution >= 0.6 is 27.5 Å². The van der Waals surface area contributed by atoms with Gasteiger partial charge >= 0.3 is 0 Å². The standard InChI is InChI=1S/C23H22BrClN2O2S/c1-27-12-10-18-14-22(24)23(15-19(18)11-13-27)26-30(28,29)21-8-4-17(5-9-21)16-2-6-20(25)7-3-16/h2-9,14-15,26H,10-13H2,1H3. The van der Waals surface area contributed by atoms with Crippen molar-refractivity contribution in [1.29, 1.82) is 0 Å². The van der Waals surface area contributed by atoms with E-state index in [0.29, 0.717) is 10.7 Å². The van der Waals surface area contributed by atoms with Gasteiger partial charge in [-0.05, 0) is 94.5 Å². The van der Waals surface area contributed by atoms with Crippen LogP contribution < -0.4 is 4.72 Å². The number of nitrogens with zero attached hydrogens (tertiary/aromatic N) is 1. The van der Waals surface area contributed by atoms with Gasteiger partial charge in [0.1, 0.15) is 0 Å². The molecular weight excluding hydrogens is 484 g/mol. The molecule has 0 spiro atoms. The summed E-state index contributed by atoms with van der Waals surface area (Å²) in [6, 6.07) is 18.3. The molecule has 156 valence electrons. The highest BCUT2D eigenvalue weighted by molar-refractivity contribution is 9.10. The Labute approximate surface area is 191 Å². The molecule has 0 bridgehead atoms. The first-order chi connectivity index (χ1) is 14.3. The smallest absolute Gasteiger partial charge is 0.261 e. The molecule has 1 heterocycles. The molecule has 3 aromatic rings. The third-order valence-corrected chi connectivity index (χ3v) is 7.69. The lowest BCUT2D eigenvalue weighted by molar-refractivity contribution is 0.352. The summed E-state index contributed by atoms with van der Waals surface area (Å²) in [5.41, 5.74) is 4.94. The van der Waals surface area contributed by atoms with Crippen molar-refractivity contribution in [2.75, 3.05) is 24.9 Å². The largest absolute Gasteiger partial charge is 0.306 e. The second-order valence-electron chi connectivity index (χ2n) is 7.54. The van der Waals surface area contributed by atoms with Crippen molar-refractivity contribution in [3.63, 3.8) is 0 Å². The summed E-state index contributed by atoms with van der Waals surface area (Å²) in [5.74, 6) is 0. The van der Waals surface area contributed by atoms with Gasteiger partial charge in [0.15, 0.2) is 0 Å². The number of hydrogen-bond donors (Lipinski definition) is 1. The molecule has 0 saturated carbocycles. The topological polar surface area (TPSA) is 49.4 Å². The highest BCUT2D eigenvalue weighted by atomic mass is 79.9. The summed E-state index contributed by atoms with van der Waals surface area (Å²) in [7, 11) is -1.59. The number of hydrogen-bond acceptors (Lipinski definition) is 3. The number of halogens is 2. The summed E-state index contributed by atoms with van der Waals surface area (Å²) in [6.07, 6.45) is 1.87. The zero-order valence-corrected chi connectivity index (χ0v) is 19.7. The Balaban J connectivity index is 1.58. The number of rotatable bonds is 4. The second kappa shape index (κ2) is 8.71. The zero-order chi connectivity index (χ0) is 21.3. The highest BCUT2D eigenvalue weighted by Crippen LogP contribution is 2.31. The van der Waals surface area contributed by atoms with Crippen LogP contribution in [0.2, 0.25) is 5.02 Å². The maximum Gasteiger partial charge on any atom is 0.261 e. The minimum Gasteiger partial charge on any atom is -0.306 e. The van der Waals surface area contributed by atoms with Crippen LogP contribution in [0.25, 0.3) is 11.1 Å². The Kier molecular flexibility index (Phi) is 6.21. The molecule has 4 nitrogen and oxygen atoms in total. The van der Waals surface area contributed by atoms with E-state index in [2.05, 4.69) is 32.6 Å². The molecule has 0 fully saturated rings. The van der Waals surface area contributed by atoms with E-state index >= 15 is 0 Å². The van der Waals surface area contributed by atoms with Crippen molar-refractivity contribution in [2.45, 2.75) is 17.7 Å². The fraction of sp³-hybridized carbons (Fsp3) is 0.217. The van der Waals surface area contributed by atoms with Crippen molar-refractivity contribution >= 4 is 43.2 Å². The average molecular weight is 506 g/mol. The van der Waals surface area contributed by atoms with E-state index in [4.69, 9.17) is 11.6 Å². The first-order valence-corrected chi connectivity index (χ1v) is 12.4. The van der Waals surface area contributed by atoms with Gasteiger partial charge in [0, 0.05) is 22.6 Å². The molecule has 0 aliphatic carbocycles. The van der Waals surface area contributed by atoms with Gasteiger partial charge in [-0.1, -0.05) is 35.9 Å². The van der Waals surface area contributed by atoms with Gasteiger partial charge in [-0.2, -0.15) is 0 Å². The van der Waals surface area contributed by atoms with Crippen molar-refractivity contribution in [3.8, 4) is 11.1 Å². The minimum atomic E-state index is -3.70. The van der Waals surface area contributed by atoms with Crippen molar-refractivity contribution in [2.24, 2.45) is 0 Å². The van der Waals surface area contributed by atoms with Gasteiger partial charge in [-0.25, -0.2) is 8.42 Å². The first-order valence-electron chi connectivity index (χ1n) is 9.70. The summed E-state index contributed by atoms with van der Waals surface area (Å²) in [5, 5.41) is 0.667. The third-order valence-electron chi connectivity index (χ3n) is 5.40. The van der Waals surface area contributed by atoms with Crippen LogP contribution in [0.5, 0.6) is 0 Å². The molecule has 1 aliphatic heterocycles. The molecule has 7 heteroatoms. The van der Waals surface area contributed by atoms with Crippen LogP contribution in [0, 0.1) is 0 Å². The zero-order valence-electron chi connectivity index (χ0n) is 16.5. The quantitative estimate of drug-likeness (QED) is 0.502. The first kappa shape index (κ1) is 21.4. The Bertz CT molecular complexity index is 1160. The van der Waals surface area contributed by atoms with Gasteiger partial charge in [0.25, 0.3) is 10.0 Å². The van der Waals surface area contributed by atoms with Crippen LogP contribution in [0.4, 0.5) is 5.69 Å². The van der Waals surface area contributed by atoms with Crippen molar-refractivity contribution in [3.05, 3.63) is 81.3 Å². The lowest BCUT2D eigenvalue weighted by Crippen LogP contribution is -2.20. The van der Waals surface area contributed by atoms with Crippen LogP contribution in [-0.2, 0) is 22.9 Å². The fourth-order valence-corrected chi connectivity index (χ4v) is 5.43. The van der Waals surface area contributed by atoms with E-state index in [-0.39, 0.29) is 4.90 Å². The van der Waals surface area contributed by atoms with Gasteiger partial charge in [-0.3, -0.25) is 4.72 Å². The molecule has 0 atom stereocenters. The molecule has 0 radical (unpaired) electrons. The summed E-state index contributed by atoms with van der Waals surface area (Å²) in [4.78, 5) is 2.52. The number of fused-ring (bicyclic) bond motifs is 1. The Morgan fingerprint density at radius 1 is 0.900 bits per heavy atom. The van der Waals surface area contributed by atoms with Gasteiger partial charge in [-0.15, -0.1) is 0 Å². The molecule has 0 saturated heterocycles.